The zero-order valence-corrected chi connectivity index (χ0v) is 7.86. The van der Waals surface area contributed by atoms with Crippen molar-refractivity contribution in [3.8, 4) is 0 Å². The molecule has 1 atom stereocenters. The summed E-state index contributed by atoms with van der Waals surface area (Å²) in [6, 6.07) is -0.105. The van der Waals surface area contributed by atoms with Crippen LogP contribution in [0, 0.1) is 0 Å². The van der Waals surface area contributed by atoms with Gasteiger partial charge in [-0.15, -0.1) is 0 Å². The molecule has 1 aliphatic heterocycles. The smallest absolute Gasteiger partial charge is 0.248 e. The highest BCUT2D eigenvalue weighted by Crippen LogP contribution is 1.99. The molecule has 13 heavy (non-hydrogen) atoms. The molecule has 0 spiro atoms. The van der Waals surface area contributed by atoms with Crippen LogP contribution < -0.4 is 5.73 Å². The Morgan fingerprint density at radius 1 is 1.77 bits per heavy atom. The van der Waals surface area contributed by atoms with Gasteiger partial charge >= 0.3 is 0 Å². The summed E-state index contributed by atoms with van der Waals surface area (Å²) in [7, 11) is 1.60. The van der Waals surface area contributed by atoms with Gasteiger partial charge in [-0.2, -0.15) is 0 Å². The third kappa shape index (κ3) is 3.30. The summed E-state index contributed by atoms with van der Waals surface area (Å²) in [5.41, 5.74) is 5.72. The first-order valence-electron chi connectivity index (χ1n) is 4.34. The molecule has 0 saturated carbocycles. The van der Waals surface area contributed by atoms with Crippen LogP contribution in [-0.4, -0.2) is 56.9 Å². The first-order chi connectivity index (χ1) is 6.24. The molecule has 1 amide bonds. The lowest BCUT2D eigenvalue weighted by atomic mass is 10.3. The zero-order valence-electron chi connectivity index (χ0n) is 7.86. The van der Waals surface area contributed by atoms with Crippen molar-refractivity contribution >= 4 is 5.91 Å². The van der Waals surface area contributed by atoms with Crippen LogP contribution in [0.4, 0.5) is 0 Å². The quantitative estimate of drug-likeness (QED) is 0.603. The highest BCUT2D eigenvalue weighted by molar-refractivity contribution is 5.78. The van der Waals surface area contributed by atoms with Crippen LogP contribution in [0.1, 0.15) is 0 Å². The summed E-state index contributed by atoms with van der Waals surface area (Å²) in [5, 5.41) is 0. The van der Waals surface area contributed by atoms with Gasteiger partial charge in [0.1, 0.15) is 6.61 Å². The van der Waals surface area contributed by atoms with Gasteiger partial charge in [0, 0.05) is 26.2 Å². The van der Waals surface area contributed by atoms with E-state index in [0.717, 1.165) is 0 Å². The highest BCUT2D eigenvalue weighted by atomic mass is 16.5. The van der Waals surface area contributed by atoms with Crippen LogP contribution >= 0.6 is 0 Å². The molecule has 1 aliphatic rings. The standard InChI is InChI=1S/C8H16N2O3/c1-12-5-7(9)4-10-2-3-13-6-8(10)11/h7H,2-6,9H2,1H3. The van der Waals surface area contributed by atoms with Gasteiger partial charge in [0.2, 0.25) is 5.91 Å². The molecule has 5 nitrogen and oxygen atoms in total. The maximum absolute atomic E-state index is 11.2. The molecule has 2 N–H and O–H groups in total. The summed E-state index contributed by atoms with van der Waals surface area (Å²) >= 11 is 0. The van der Waals surface area contributed by atoms with E-state index in [1.807, 2.05) is 0 Å². The van der Waals surface area contributed by atoms with Gasteiger partial charge in [-0.1, -0.05) is 0 Å². The van der Waals surface area contributed by atoms with Crippen LogP contribution in [0.2, 0.25) is 0 Å². The summed E-state index contributed by atoms with van der Waals surface area (Å²) in [4.78, 5) is 13.0. The molecule has 1 heterocycles. The summed E-state index contributed by atoms with van der Waals surface area (Å²) in [6.07, 6.45) is 0. The number of carbonyl (C=O) groups is 1. The maximum Gasteiger partial charge on any atom is 0.248 e. The Labute approximate surface area is 77.8 Å². The van der Waals surface area contributed by atoms with E-state index in [4.69, 9.17) is 15.2 Å². The molecule has 0 aliphatic carbocycles. The topological polar surface area (TPSA) is 64.8 Å². The van der Waals surface area contributed by atoms with E-state index in [1.54, 1.807) is 12.0 Å². The molecule has 0 aromatic carbocycles. The minimum Gasteiger partial charge on any atom is -0.383 e. The SMILES string of the molecule is COCC(N)CN1CCOCC1=O. The summed E-state index contributed by atoms with van der Waals surface area (Å²) in [6.45, 7) is 2.45. The van der Waals surface area contributed by atoms with Gasteiger partial charge in [0.15, 0.2) is 0 Å². The van der Waals surface area contributed by atoms with E-state index in [1.165, 1.54) is 0 Å². The van der Waals surface area contributed by atoms with Gasteiger partial charge in [0.05, 0.1) is 13.2 Å². The molecule has 1 rings (SSSR count). The number of carbonyl (C=O) groups excluding carboxylic acids is 1. The van der Waals surface area contributed by atoms with Gasteiger partial charge in [0.25, 0.3) is 0 Å². The fourth-order valence-electron chi connectivity index (χ4n) is 1.29. The van der Waals surface area contributed by atoms with Gasteiger partial charge in [-0.3, -0.25) is 4.79 Å². The molecular formula is C8H16N2O3. The molecule has 1 fully saturated rings. The highest BCUT2D eigenvalue weighted by Gasteiger charge is 2.20. The second-order valence-electron chi connectivity index (χ2n) is 3.11. The average molecular weight is 188 g/mol. The van der Waals surface area contributed by atoms with Crippen LogP contribution in [0.15, 0.2) is 0 Å². The number of hydrogen-bond donors (Lipinski definition) is 1. The lowest BCUT2D eigenvalue weighted by Crippen LogP contribution is -2.48. The van der Waals surface area contributed by atoms with Gasteiger partial charge in [-0.05, 0) is 0 Å². The second-order valence-corrected chi connectivity index (χ2v) is 3.11. The fraction of sp³-hybridized carbons (Fsp3) is 0.875. The van der Waals surface area contributed by atoms with E-state index in [9.17, 15) is 4.79 Å². The van der Waals surface area contributed by atoms with Crippen molar-refractivity contribution in [2.24, 2.45) is 5.73 Å². The van der Waals surface area contributed by atoms with Crippen molar-refractivity contribution in [2.45, 2.75) is 6.04 Å². The van der Waals surface area contributed by atoms with Crippen molar-refractivity contribution < 1.29 is 14.3 Å². The lowest BCUT2D eigenvalue weighted by Gasteiger charge is -2.28. The Balaban J connectivity index is 2.29. The second kappa shape index (κ2) is 5.16. The Morgan fingerprint density at radius 2 is 2.54 bits per heavy atom. The molecule has 5 heteroatoms. The summed E-state index contributed by atoms with van der Waals surface area (Å²) < 4.78 is 9.88. The number of nitrogens with zero attached hydrogens (tertiary/aromatic N) is 1. The minimum absolute atomic E-state index is 0.0119. The number of rotatable bonds is 4. The number of methoxy groups -OCH3 is 1. The number of nitrogens with two attached hydrogens (primary N) is 1. The van der Waals surface area contributed by atoms with Crippen molar-refractivity contribution in [2.75, 3.05) is 40.0 Å². The lowest BCUT2D eigenvalue weighted by molar-refractivity contribution is -0.143. The van der Waals surface area contributed by atoms with E-state index in [2.05, 4.69) is 0 Å². The molecule has 0 radical (unpaired) electrons. The molecule has 1 unspecified atom stereocenters. The molecular weight excluding hydrogens is 172 g/mol. The van der Waals surface area contributed by atoms with Crippen molar-refractivity contribution in [1.82, 2.24) is 4.90 Å². The number of amides is 1. The maximum atomic E-state index is 11.2. The third-order valence-electron chi connectivity index (χ3n) is 1.92. The minimum atomic E-state index is -0.105. The first kappa shape index (κ1) is 10.4. The van der Waals surface area contributed by atoms with Gasteiger partial charge < -0.3 is 20.1 Å². The van der Waals surface area contributed by atoms with Crippen LogP contribution in [0.5, 0.6) is 0 Å². The summed E-state index contributed by atoms with van der Waals surface area (Å²) in [5.74, 6) is 0.0119. The van der Waals surface area contributed by atoms with Crippen LogP contribution in [-0.2, 0) is 14.3 Å². The van der Waals surface area contributed by atoms with E-state index >= 15 is 0 Å². The predicted molar refractivity (Wildman–Crippen MR) is 47.3 cm³/mol. The molecule has 0 aromatic rings. The molecule has 76 valence electrons. The number of morpholine rings is 1. The molecule has 0 aromatic heterocycles. The third-order valence-corrected chi connectivity index (χ3v) is 1.92. The monoisotopic (exact) mass is 188 g/mol. The molecule has 0 bridgehead atoms. The van der Waals surface area contributed by atoms with Gasteiger partial charge in [-0.25, -0.2) is 0 Å². The Morgan fingerprint density at radius 3 is 3.15 bits per heavy atom. The Bertz CT molecular complexity index is 175. The normalized spacial score (nSPS) is 20.5. The van der Waals surface area contributed by atoms with Crippen molar-refractivity contribution in [1.29, 1.82) is 0 Å². The van der Waals surface area contributed by atoms with Crippen LogP contribution in [0.3, 0.4) is 0 Å². The Kier molecular flexibility index (Phi) is 4.14. The average Bonchev–Trinajstić information content (AvgIpc) is 2.09. The molecule has 1 saturated heterocycles. The largest absolute Gasteiger partial charge is 0.383 e. The van der Waals surface area contributed by atoms with E-state index < -0.39 is 0 Å². The first-order valence-corrected chi connectivity index (χ1v) is 4.34. The number of ether oxygens (including phenoxy) is 2. The number of hydrogen-bond acceptors (Lipinski definition) is 4. The van der Waals surface area contributed by atoms with Crippen molar-refractivity contribution in [3.63, 3.8) is 0 Å². The Hall–Kier alpha value is -0.650. The van der Waals surface area contributed by atoms with Crippen LogP contribution in [0.25, 0.3) is 0 Å². The predicted octanol–water partition coefficient (Wildman–Crippen LogP) is -1.18. The zero-order chi connectivity index (χ0) is 9.68. The van der Waals surface area contributed by atoms with Crippen molar-refractivity contribution in [3.05, 3.63) is 0 Å². The fourth-order valence-corrected chi connectivity index (χ4v) is 1.29. The van der Waals surface area contributed by atoms with E-state index in [0.29, 0.717) is 26.3 Å². The van der Waals surface area contributed by atoms with E-state index in [-0.39, 0.29) is 18.6 Å².